The zero-order valence-electron chi connectivity index (χ0n) is 15.7. The Morgan fingerprint density at radius 2 is 2.00 bits per heavy atom. The van der Waals surface area contributed by atoms with Gasteiger partial charge in [-0.05, 0) is 43.2 Å². The molecule has 0 radical (unpaired) electrons. The van der Waals surface area contributed by atoms with Gasteiger partial charge in [-0.3, -0.25) is 9.59 Å². The number of nitrogens with one attached hydrogen (secondary N) is 2. The van der Waals surface area contributed by atoms with E-state index >= 15 is 0 Å². The first kappa shape index (κ1) is 19.9. The normalized spacial score (nSPS) is 14.4. The van der Waals surface area contributed by atoms with E-state index in [9.17, 15) is 18.0 Å². The van der Waals surface area contributed by atoms with Crippen molar-refractivity contribution in [2.45, 2.75) is 36.8 Å². The van der Waals surface area contributed by atoms with Crippen molar-refractivity contribution in [3.8, 4) is 5.75 Å². The maximum atomic E-state index is 12.9. The molecule has 2 aromatic carbocycles. The van der Waals surface area contributed by atoms with Crippen molar-refractivity contribution >= 4 is 33.0 Å². The Labute approximate surface area is 164 Å². The van der Waals surface area contributed by atoms with Crippen molar-refractivity contribution in [3.05, 3.63) is 48.0 Å². The fourth-order valence-electron chi connectivity index (χ4n) is 2.99. The van der Waals surface area contributed by atoms with Gasteiger partial charge >= 0.3 is 0 Å². The number of sulfone groups is 1. The molecule has 3 rings (SSSR count). The fraction of sp³-hybridized carbons (Fsp3) is 0.300. The van der Waals surface area contributed by atoms with Gasteiger partial charge in [-0.1, -0.05) is 25.1 Å². The zero-order valence-corrected chi connectivity index (χ0v) is 16.5. The molecule has 0 saturated heterocycles. The van der Waals surface area contributed by atoms with Crippen LogP contribution in [0.5, 0.6) is 5.75 Å². The van der Waals surface area contributed by atoms with Crippen molar-refractivity contribution < 1.29 is 22.7 Å². The first-order valence-corrected chi connectivity index (χ1v) is 10.5. The van der Waals surface area contributed by atoms with Crippen LogP contribution in [0, 0.1) is 0 Å². The highest BCUT2D eigenvalue weighted by molar-refractivity contribution is 7.92. The Hall–Kier alpha value is -2.87. The van der Waals surface area contributed by atoms with E-state index < -0.39 is 15.1 Å². The highest BCUT2D eigenvalue weighted by atomic mass is 32.2. The van der Waals surface area contributed by atoms with Crippen LogP contribution < -0.4 is 15.4 Å². The molecule has 1 aliphatic rings. The van der Waals surface area contributed by atoms with Gasteiger partial charge in [0.25, 0.3) is 5.91 Å². The van der Waals surface area contributed by atoms with Gasteiger partial charge in [0, 0.05) is 12.1 Å². The van der Waals surface area contributed by atoms with Crippen LogP contribution in [0.4, 0.5) is 11.4 Å². The second-order valence-electron chi connectivity index (χ2n) is 6.61. The lowest BCUT2D eigenvalue weighted by atomic mass is 10.1. The SMILES string of the molecule is CCc1ccccc1NC(=O)C[C@@H](C)S(=O)(=O)c1ccc2c(c1)NC(=O)CO2. The molecular weight excluding hydrogens is 380 g/mol. The summed E-state index contributed by atoms with van der Waals surface area (Å²) in [5, 5.41) is 4.45. The van der Waals surface area contributed by atoms with Gasteiger partial charge in [0.1, 0.15) is 5.75 Å². The maximum Gasteiger partial charge on any atom is 0.262 e. The highest BCUT2D eigenvalue weighted by Gasteiger charge is 2.28. The van der Waals surface area contributed by atoms with Gasteiger partial charge < -0.3 is 15.4 Å². The van der Waals surface area contributed by atoms with Gasteiger partial charge in [-0.2, -0.15) is 0 Å². The van der Waals surface area contributed by atoms with Gasteiger partial charge in [0.15, 0.2) is 16.4 Å². The van der Waals surface area contributed by atoms with Crippen LogP contribution in [0.3, 0.4) is 0 Å². The molecule has 0 bridgehead atoms. The minimum Gasteiger partial charge on any atom is -0.482 e. The molecule has 1 aliphatic heterocycles. The van der Waals surface area contributed by atoms with Crippen molar-refractivity contribution in [3.63, 3.8) is 0 Å². The lowest BCUT2D eigenvalue weighted by Gasteiger charge is -2.19. The first-order chi connectivity index (χ1) is 13.3. The Morgan fingerprint density at radius 1 is 1.25 bits per heavy atom. The summed E-state index contributed by atoms with van der Waals surface area (Å²) in [6.07, 6.45) is 0.577. The van der Waals surface area contributed by atoms with E-state index in [0.29, 0.717) is 17.1 Å². The quantitative estimate of drug-likeness (QED) is 0.774. The molecule has 8 heteroatoms. The van der Waals surface area contributed by atoms with Crippen molar-refractivity contribution in [1.82, 2.24) is 0 Å². The largest absolute Gasteiger partial charge is 0.482 e. The number of carbonyl (C=O) groups is 2. The van der Waals surface area contributed by atoms with Crippen LogP contribution in [0.25, 0.3) is 0 Å². The van der Waals surface area contributed by atoms with Crippen LogP contribution in [-0.2, 0) is 25.8 Å². The summed E-state index contributed by atoms with van der Waals surface area (Å²) in [5.74, 6) is -0.296. The molecule has 28 heavy (non-hydrogen) atoms. The van der Waals surface area contributed by atoms with E-state index in [0.717, 1.165) is 12.0 Å². The van der Waals surface area contributed by atoms with E-state index in [-0.39, 0.29) is 29.7 Å². The molecule has 2 N–H and O–H groups in total. The summed E-state index contributed by atoms with van der Waals surface area (Å²) in [7, 11) is -3.76. The molecule has 0 aliphatic carbocycles. The second kappa shape index (κ2) is 8.02. The molecule has 148 valence electrons. The van der Waals surface area contributed by atoms with E-state index in [2.05, 4.69) is 10.6 Å². The predicted molar refractivity (Wildman–Crippen MR) is 106 cm³/mol. The highest BCUT2D eigenvalue weighted by Crippen LogP contribution is 2.31. The molecule has 7 nitrogen and oxygen atoms in total. The third-order valence-corrected chi connectivity index (χ3v) is 6.72. The van der Waals surface area contributed by atoms with E-state index in [1.54, 1.807) is 6.07 Å². The Bertz CT molecular complexity index is 1020. The van der Waals surface area contributed by atoms with Crippen LogP contribution in [0.2, 0.25) is 0 Å². The fourth-order valence-corrected chi connectivity index (χ4v) is 4.37. The van der Waals surface area contributed by atoms with Gasteiger partial charge in [0.2, 0.25) is 5.91 Å². The summed E-state index contributed by atoms with van der Waals surface area (Å²) in [4.78, 5) is 23.9. The number of para-hydroxylation sites is 1. The average Bonchev–Trinajstić information content (AvgIpc) is 2.67. The number of anilines is 2. The Balaban J connectivity index is 1.74. The molecule has 0 aromatic heterocycles. The van der Waals surface area contributed by atoms with Gasteiger partial charge in [-0.15, -0.1) is 0 Å². The number of hydrogen-bond donors (Lipinski definition) is 2. The number of aryl methyl sites for hydroxylation is 1. The molecule has 2 aromatic rings. The van der Waals surface area contributed by atoms with Gasteiger partial charge in [-0.25, -0.2) is 8.42 Å². The van der Waals surface area contributed by atoms with Crippen LogP contribution >= 0.6 is 0 Å². The number of ether oxygens (including phenoxy) is 1. The maximum absolute atomic E-state index is 12.9. The minimum atomic E-state index is -3.76. The third-order valence-electron chi connectivity index (χ3n) is 4.59. The van der Waals surface area contributed by atoms with Crippen LogP contribution in [0.15, 0.2) is 47.4 Å². The zero-order chi connectivity index (χ0) is 20.3. The standard InChI is InChI=1S/C20H22N2O5S/c1-3-14-6-4-5-7-16(14)21-19(23)10-13(2)28(25,26)15-8-9-18-17(11-15)22-20(24)12-27-18/h4-9,11,13H,3,10,12H2,1-2H3,(H,21,23)(H,22,24)/t13-/m1/s1. The molecule has 0 spiro atoms. The molecular formula is C20H22N2O5S. The number of carbonyl (C=O) groups excluding carboxylic acids is 2. The van der Waals surface area contributed by atoms with Gasteiger partial charge in [0.05, 0.1) is 15.8 Å². The van der Waals surface area contributed by atoms with Crippen LogP contribution in [0.1, 0.15) is 25.8 Å². The molecule has 1 atom stereocenters. The number of hydrogen-bond acceptors (Lipinski definition) is 5. The summed E-state index contributed by atoms with van der Waals surface area (Å²) in [6, 6.07) is 11.7. The Morgan fingerprint density at radius 3 is 2.75 bits per heavy atom. The molecule has 2 amide bonds. The van der Waals surface area contributed by atoms with Crippen molar-refractivity contribution in [2.24, 2.45) is 0 Å². The van der Waals surface area contributed by atoms with E-state index in [4.69, 9.17) is 4.74 Å². The number of rotatable bonds is 6. The molecule has 1 heterocycles. The second-order valence-corrected chi connectivity index (χ2v) is 8.98. The van der Waals surface area contributed by atoms with E-state index in [1.165, 1.54) is 25.1 Å². The number of fused-ring (bicyclic) bond motifs is 1. The topological polar surface area (TPSA) is 102 Å². The third kappa shape index (κ3) is 4.17. The lowest BCUT2D eigenvalue weighted by Crippen LogP contribution is -2.27. The monoisotopic (exact) mass is 402 g/mol. The number of amides is 2. The average molecular weight is 402 g/mol. The smallest absolute Gasteiger partial charge is 0.262 e. The molecule has 0 saturated carbocycles. The molecule has 0 unspecified atom stereocenters. The summed E-state index contributed by atoms with van der Waals surface area (Å²) in [6.45, 7) is 3.38. The minimum absolute atomic E-state index is 0.0336. The van der Waals surface area contributed by atoms with Crippen molar-refractivity contribution in [1.29, 1.82) is 0 Å². The van der Waals surface area contributed by atoms with Crippen molar-refractivity contribution in [2.75, 3.05) is 17.2 Å². The van der Waals surface area contributed by atoms with E-state index in [1.807, 2.05) is 25.1 Å². The predicted octanol–water partition coefficient (Wildman–Crippen LogP) is 2.77. The summed E-state index contributed by atoms with van der Waals surface area (Å²) < 4.78 is 31.0. The molecule has 0 fully saturated rings. The van der Waals surface area contributed by atoms with Crippen LogP contribution in [-0.4, -0.2) is 32.1 Å². The lowest BCUT2D eigenvalue weighted by molar-refractivity contribution is -0.118. The number of benzene rings is 2. The summed E-state index contributed by atoms with van der Waals surface area (Å²) >= 11 is 0. The first-order valence-electron chi connectivity index (χ1n) is 8.99. The Kier molecular flexibility index (Phi) is 5.69. The summed E-state index contributed by atoms with van der Waals surface area (Å²) in [5.41, 5.74) is 1.98.